The first-order chi connectivity index (χ1) is 19.5. The summed E-state index contributed by atoms with van der Waals surface area (Å²) in [5, 5.41) is 0. The molecule has 6 atom stereocenters. The number of carbonyl (C=O) groups is 3. The largest absolute Gasteiger partial charge is 0.465 e. The van der Waals surface area contributed by atoms with Crippen LogP contribution < -0.4 is 0 Å². The van der Waals surface area contributed by atoms with Crippen LogP contribution in [0.2, 0.25) is 0 Å². The van der Waals surface area contributed by atoms with Crippen LogP contribution in [-0.4, -0.2) is 63.2 Å². The molecule has 4 aliphatic rings. The van der Waals surface area contributed by atoms with Gasteiger partial charge in [0.25, 0.3) is 0 Å². The summed E-state index contributed by atoms with van der Waals surface area (Å²) in [7, 11) is 0. The minimum atomic E-state index is -0.505. The summed E-state index contributed by atoms with van der Waals surface area (Å²) in [6, 6.07) is 0. The Morgan fingerprint density at radius 2 is 1.18 bits per heavy atom. The van der Waals surface area contributed by atoms with Crippen molar-refractivity contribution < 1.29 is 38.1 Å². The quantitative estimate of drug-likeness (QED) is 0.0589. The molecule has 2 aliphatic carbocycles. The molecule has 2 heterocycles. The summed E-state index contributed by atoms with van der Waals surface area (Å²) in [5.41, 5.74) is 0. The molecular formula is C32H50O8. The lowest BCUT2D eigenvalue weighted by atomic mass is 9.67. The first-order valence-electron chi connectivity index (χ1n) is 16.0. The van der Waals surface area contributed by atoms with Gasteiger partial charge in [0.05, 0.1) is 31.7 Å². The highest BCUT2D eigenvalue weighted by Gasteiger charge is 2.46. The standard InChI is InChI=1S/C32H50O8/c1-2-3-4-8-11-24-16-17-25(12-9-6-5-7-10-13-28(33)38-21-26-19-36-26)29(31(34)39-18-23-14-15-23)30(24)32(35)40-22-27-20-37-27/h16-17,23-27,29-30H,2-15,18-22H2,1H3. The zero-order valence-electron chi connectivity index (χ0n) is 24.4. The molecule has 3 fully saturated rings. The highest BCUT2D eigenvalue weighted by Crippen LogP contribution is 2.41. The van der Waals surface area contributed by atoms with E-state index in [1.807, 2.05) is 0 Å². The van der Waals surface area contributed by atoms with Crippen LogP contribution in [0.25, 0.3) is 0 Å². The van der Waals surface area contributed by atoms with Crippen molar-refractivity contribution in [1.82, 2.24) is 0 Å². The van der Waals surface area contributed by atoms with Gasteiger partial charge in [-0.05, 0) is 49.9 Å². The third kappa shape index (κ3) is 11.2. The second-order valence-corrected chi connectivity index (χ2v) is 12.2. The minimum Gasteiger partial charge on any atom is -0.465 e. The predicted octanol–water partition coefficient (Wildman–Crippen LogP) is 5.56. The minimum absolute atomic E-state index is 0.00350. The number of carbonyl (C=O) groups excluding carboxylic acids is 3. The molecule has 8 nitrogen and oxygen atoms in total. The van der Waals surface area contributed by atoms with E-state index in [9.17, 15) is 14.4 Å². The van der Waals surface area contributed by atoms with Gasteiger partial charge in [-0.1, -0.05) is 70.4 Å². The molecule has 0 N–H and O–H groups in total. The van der Waals surface area contributed by atoms with E-state index >= 15 is 0 Å². The molecule has 0 radical (unpaired) electrons. The molecule has 0 spiro atoms. The van der Waals surface area contributed by atoms with Gasteiger partial charge in [0, 0.05) is 6.42 Å². The van der Waals surface area contributed by atoms with E-state index in [2.05, 4.69) is 19.1 Å². The van der Waals surface area contributed by atoms with Gasteiger partial charge < -0.3 is 23.7 Å². The molecule has 226 valence electrons. The summed E-state index contributed by atoms with van der Waals surface area (Å²) >= 11 is 0. The molecule has 2 aliphatic heterocycles. The Labute approximate surface area is 239 Å². The molecule has 6 unspecified atom stereocenters. The number of unbranched alkanes of at least 4 members (excludes halogenated alkanes) is 7. The van der Waals surface area contributed by atoms with Crippen LogP contribution in [0.1, 0.15) is 96.8 Å². The number of rotatable bonds is 21. The molecule has 0 aromatic rings. The van der Waals surface area contributed by atoms with Gasteiger partial charge in [0.1, 0.15) is 25.4 Å². The van der Waals surface area contributed by atoms with E-state index < -0.39 is 11.8 Å². The number of epoxide rings is 2. The Hall–Kier alpha value is -1.93. The van der Waals surface area contributed by atoms with E-state index in [4.69, 9.17) is 23.7 Å². The van der Waals surface area contributed by atoms with Crippen LogP contribution in [0.4, 0.5) is 0 Å². The van der Waals surface area contributed by atoms with Crippen LogP contribution in [-0.2, 0) is 38.1 Å². The second-order valence-electron chi connectivity index (χ2n) is 12.2. The highest BCUT2D eigenvalue weighted by molar-refractivity contribution is 5.83. The zero-order chi connectivity index (χ0) is 28.2. The van der Waals surface area contributed by atoms with Crippen molar-refractivity contribution in [2.75, 3.05) is 33.0 Å². The van der Waals surface area contributed by atoms with Crippen LogP contribution in [0.15, 0.2) is 12.2 Å². The van der Waals surface area contributed by atoms with Crippen molar-refractivity contribution in [2.45, 2.75) is 109 Å². The normalized spacial score (nSPS) is 28.6. The lowest BCUT2D eigenvalue weighted by Gasteiger charge is -2.37. The molecule has 1 saturated carbocycles. The summed E-state index contributed by atoms with van der Waals surface area (Å²) in [5.74, 6) is -1.24. The lowest BCUT2D eigenvalue weighted by Crippen LogP contribution is -2.43. The molecule has 4 rings (SSSR count). The van der Waals surface area contributed by atoms with Crippen molar-refractivity contribution in [2.24, 2.45) is 29.6 Å². The first-order valence-corrected chi connectivity index (χ1v) is 16.0. The van der Waals surface area contributed by atoms with E-state index in [1.54, 1.807) is 0 Å². The maximum atomic E-state index is 13.5. The Kier molecular flexibility index (Phi) is 12.8. The Morgan fingerprint density at radius 1 is 0.675 bits per heavy atom. The third-order valence-corrected chi connectivity index (χ3v) is 8.57. The van der Waals surface area contributed by atoms with Gasteiger partial charge >= 0.3 is 17.9 Å². The average Bonchev–Trinajstić information content (AvgIpc) is 3.81. The maximum absolute atomic E-state index is 13.5. The van der Waals surface area contributed by atoms with Crippen molar-refractivity contribution in [1.29, 1.82) is 0 Å². The Bertz CT molecular complexity index is 829. The van der Waals surface area contributed by atoms with E-state index in [1.165, 1.54) is 6.42 Å². The van der Waals surface area contributed by atoms with Crippen LogP contribution in [0.5, 0.6) is 0 Å². The van der Waals surface area contributed by atoms with Crippen molar-refractivity contribution in [3.63, 3.8) is 0 Å². The fraction of sp³-hybridized carbons (Fsp3) is 0.844. The summed E-state index contributed by atoms with van der Waals surface area (Å²) < 4.78 is 27.0. The van der Waals surface area contributed by atoms with Crippen molar-refractivity contribution in [3.8, 4) is 0 Å². The van der Waals surface area contributed by atoms with Crippen LogP contribution in [0, 0.1) is 29.6 Å². The monoisotopic (exact) mass is 562 g/mol. The Morgan fingerprint density at radius 3 is 1.73 bits per heavy atom. The first kappa shape index (κ1) is 31.0. The lowest BCUT2D eigenvalue weighted by molar-refractivity contribution is -0.166. The average molecular weight is 563 g/mol. The van der Waals surface area contributed by atoms with Crippen LogP contribution >= 0.6 is 0 Å². The molecule has 40 heavy (non-hydrogen) atoms. The second kappa shape index (κ2) is 16.5. The van der Waals surface area contributed by atoms with Crippen LogP contribution in [0.3, 0.4) is 0 Å². The fourth-order valence-corrected chi connectivity index (χ4v) is 5.68. The SMILES string of the molecule is CCCCCCC1C=CC(CCCCCCCC(=O)OCC2CO2)C(C(=O)OCC2CC2)C1C(=O)OCC1CO1. The van der Waals surface area contributed by atoms with Gasteiger partial charge in [-0.25, -0.2) is 0 Å². The number of ether oxygens (including phenoxy) is 5. The summed E-state index contributed by atoms with van der Waals surface area (Å²) in [6.07, 6.45) is 18.2. The summed E-state index contributed by atoms with van der Waals surface area (Å²) in [6.45, 7) is 4.61. The summed E-state index contributed by atoms with van der Waals surface area (Å²) in [4.78, 5) is 38.8. The molecule has 0 amide bonds. The van der Waals surface area contributed by atoms with Gasteiger partial charge in [-0.2, -0.15) is 0 Å². The molecule has 2 saturated heterocycles. The topological polar surface area (TPSA) is 104 Å². The number of allylic oxidation sites excluding steroid dienone is 2. The molecule has 0 aromatic carbocycles. The van der Waals surface area contributed by atoms with Crippen molar-refractivity contribution in [3.05, 3.63) is 12.2 Å². The predicted molar refractivity (Wildman–Crippen MR) is 149 cm³/mol. The Balaban J connectivity index is 1.29. The number of esters is 3. The van der Waals surface area contributed by atoms with E-state index in [0.29, 0.717) is 38.8 Å². The fourth-order valence-electron chi connectivity index (χ4n) is 5.68. The number of hydrogen-bond acceptors (Lipinski definition) is 8. The molecule has 0 bridgehead atoms. The molecule has 0 aromatic heterocycles. The third-order valence-electron chi connectivity index (χ3n) is 8.57. The molecule has 8 heteroatoms. The van der Waals surface area contributed by atoms with Gasteiger partial charge in [0.2, 0.25) is 0 Å². The van der Waals surface area contributed by atoms with Gasteiger partial charge in [0.15, 0.2) is 0 Å². The number of hydrogen-bond donors (Lipinski definition) is 0. The molecular weight excluding hydrogens is 512 g/mol. The smallest absolute Gasteiger partial charge is 0.310 e. The van der Waals surface area contributed by atoms with Crippen molar-refractivity contribution >= 4 is 17.9 Å². The van der Waals surface area contributed by atoms with Gasteiger partial charge in [-0.3, -0.25) is 14.4 Å². The highest BCUT2D eigenvalue weighted by atomic mass is 16.6. The van der Waals surface area contributed by atoms with E-state index in [0.717, 1.165) is 77.0 Å². The zero-order valence-corrected chi connectivity index (χ0v) is 24.4. The van der Waals surface area contributed by atoms with Gasteiger partial charge in [-0.15, -0.1) is 0 Å². The maximum Gasteiger partial charge on any atom is 0.310 e. The van der Waals surface area contributed by atoms with E-state index in [-0.39, 0.29) is 48.6 Å².